The Balaban J connectivity index is 1.85. The SMILES string of the molecule is CCc1cn2cc(C(=O)Nc3cc(Cl)cc(NS(C)(=O)=O)c3)ccc2n1. The maximum Gasteiger partial charge on any atom is 0.257 e. The van der Waals surface area contributed by atoms with E-state index < -0.39 is 10.0 Å². The van der Waals surface area contributed by atoms with E-state index in [-0.39, 0.29) is 11.6 Å². The second kappa shape index (κ2) is 6.97. The third kappa shape index (κ3) is 4.33. The van der Waals surface area contributed by atoms with Crippen LogP contribution in [-0.2, 0) is 16.4 Å². The van der Waals surface area contributed by atoms with Crippen LogP contribution in [-0.4, -0.2) is 30.0 Å². The predicted molar refractivity (Wildman–Crippen MR) is 102 cm³/mol. The lowest BCUT2D eigenvalue weighted by Crippen LogP contribution is -2.14. The van der Waals surface area contributed by atoms with E-state index in [0.29, 0.717) is 16.3 Å². The number of amides is 1. The Hall–Kier alpha value is -2.58. The lowest BCUT2D eigenvalue weighted by atomic mass is 10.2. The normalized spacial score (nSPS) is 11.5. The van der Waals surface area contributed by atoms with E-state index in [0.717, 1.165) is 24.0 Å². The van der Waals surface area contributed by atoms with Gasteiger partial charge in [-0.1, -0.05) is 18.5 Å². The number of fused-ring (bicyclic) bond motifs is 1. The van der Waals surface area contributed by atoms with Gasteiger partial charge < -0.3 is 9.72 Å². The maximum atomic E-state index is 12.5. The van der Waals surface area contributed by atoms with Crippen molar-refractivity contribution >= 4 is 44.6 Å². The molecule has 0 aliphatic carbocycles. The molecule has 0 saturated carbocycles. The van der Waals surface area contributed by atoms with Crippen molar-refractivity contribution in [2.45, 2.75) is 13.3 Å². The van der Waals surface area contributed by atoms with Gasteiger partial charge in [0.1, 0.15) is 5.65 Å². The van der Waals surface area contributed by atoms with Crippen molar-refractivity contribution in [1.29, 1.82) is 0 Å². The first-order valence-corrected chi connectivity index (χ1v) is 10.1. The van der Waals surface area contributed by atoms with Crippen molar-refractivity contribution in [1.82, 2.24) is 9.38 Å². The molecule has 1 aromatic carbocycles. The molecule has 0 aliphatic rings. The molecule has 0 aliphatic heterocycles. The van der Waals surface area contributed by atoms with Crippen LogP contribution in [0.2, 0.25) is 5.02 Å². The van der Waals surface area contributed by atoms with Crippen LogP contribution in [0.4, 0.5) is 11.4 Å². The van der Waals surface area contributed by atoms with Gasteiger partial charge in [-0.3, -0.25) is 9.52 Å². The second-order valence-corrected chi connectivity index (χ2v) is 8.01. The first-order chi connectivity index (χ1) is 12.2. The molecule has 0 bridgehead atoms. The molecular weight excluding hydrogens is 376 g/mol. The van der Waals surface area contributed by atoms with Gasteiger partial charge in [0.25, 0.3) is 5.91 Å². The Bertz CT molecular complexity index is 1090. The molecule has 0 radical (unpaired) electrons. The Kier molecular flexibility index (Phi) is 4.88. The third-order valence-electron chi connectivity index (χ3n) is 3.58. The maximum absolute atomic E-state index is 12.5. The Morgan fingerprint density at radius 1 is 1.19 bits per heavy atom. The fourth-order valence-electron chi connectivity index (χ4n) is 2.49. The molecule has 9 heteroatoms. The highest BCUT2D eigenvalue weighted by Gasteiger charge is 2.11. The summed E-state index contributed by atoms with van der Waals surface area (Å²) in [6.45, 7) is 2.01. The highest BCUT2D eigenvalue weighted by Crippen LogP contribution is 2.24. The summed E-state index contributed by atoms with van der Waals surface area (Å²) in [6, 6.07) is 7.94. The number of hydrogen-bond acceptors (Lipinski definition) is 4. The molecule has 7 nitrogen and oxygen atoms in total. The molecule has 3 rings (SSSR count). The number of sulfonamides is 1. The van der Waals surface area contributed by atoms with Gasteiger partial charge in [-0.15, -0.1) is 0 Å². The summed E-state index contributed by atoms with van der Waals surface area (Å²) in [5.74, 6) is -0.341. The fourth-order valence-corrected chi connectivity index (χ4v) is 3.27. The molecular formula is C17H17ClN4O3S. The van der Waals surface area contributed by atoms with Crippen LogP contribution in [0.3, 0.4) is 0 Å². The van der Waals surface area contributed by atoms with Crippen molar-refractivity contribution < 1.29 is 13.2 Å². The number of carbonyl (C=O) groups excluding carboxylic acids is 1. The van der Waals surface area contributed by atoms with E-state index in [1.807, 2.05) is 13.1 Å². The smallest absolute Gasteiger partial charge is 0.257 e. The highest BCUT2D eigenvalue weighted by molar-refractivity contribution is 7.92. The van der Waals surface area contributed by atoms with E-state index in [1.165, 1.54) is 18.2 Å². The summed E-state index contributed by atoms with van der Waals surface area (Å²) >= 11 is 6.01. The summed E-state index contributed by atoms with van der Waals surface area (Å²) in [5.41, 5.74) is 2.80. The number of benzene rings is 1. The third-order valence-corrected chi connectivity index (χ3v) is 4.41. The number of pyridine rings is 1. The molecule has 136 valence electrons. The van der Waals surface area contributed by atoms with Crippen LogP contribution in [0.5, 0.6) is 0 Å². The van der Waals surface area contributed by atoms with E-state index >= 15 is 0 Å². The van der Waals surface area contributed by atoms with Crippen molar-refractivity contribution in [3.05, 3.63) is 59.0 Å². The topological polar surface area (TPSA) is 92.6 Å². The van der Waals surface area contributed by atoms with Crippen LogP contribution in [0.25, 0.3) is 5.65 Å². The van der Waals surface area contributed by atoms with Gasteiger partial charge in [0.2, 0.25) is 10.0 Å². The summed E-state index contributed by atoms with van der Waals surface area (Å²) in [4.78, 5) is 16.9. The molecule has 0 fully saturated rings. The standard InChI is InChI=1S/C17H17ClN4O3S/c1-3-13-10-22-9-11(4-5-16(22)19-13)17(23)20-14-6-12(18)7-15(8-14)21-26(2,24)25/h4-10,21H,3H2,1-2H3,(H,20,23). The van der Waals surface area contributed by atoms with E-state index in [2.05, 4.69) is 15.0 Å². The minimum Gasteiger partial charge on any atom is -0.322 e. The van der Waals surface area contributed by atoms with Gasteiger partial charge in [-0.25, -0.2) is 13.4 Å². The Labute approximate surface area is 156 Å². The number of anilines is 2. The quantitative estimate of drug-likeness (QED) is 0.697. The molecule has 0 unspecified atom stereocenters. The van der Waals surface area contributed by atoms with Gasteiger partial charge in [0.05, 0.1) is 23.2 Å². The minimum absolute atomic E-state index is 0.271. The predicted octanol–water partition coefficient (Wildman–Crippen LogP) is 3.17. The minimum atomic E-state index is -3.45. The molecule has 0 spiro atoms. The number of rotatable bonds is 5. The summed E-state index contributed by atoms with van der Waals surface area (Å²) < 4.78 is 26.9. The lowest BCUT2D eigenvalue weighted by Gasteiger charge is -2.10. The van der Waals surface area contributed by atoms with Gasteiger partial charge in [0.15, 0.2) is 0 Å². The molecule has 2 N–H and O–H groups in total. The average molecular weight is 393 g/mol. The second-order valence-electron chi connectivity index (χ2n) is 5.83. The fraction of sp³-hybridized carbons (Fsp3) is 0.176. The van der Waals surface area contributed by atoms with E-state index in [1.54, 1.807) is 22.7 Å². The van der Waals surface area contributed by atoms with E-state index in [9.17, 15) is 13.2 Å². The first-order valence-electron chi connectivity index (χ1n) is 7.81. The van der Waals surface area contributed by atoms with Crippen molar-refractivity contribution in [2.24, 2.45) is 0 Å². The van der Waals surface area contributed by atoms with Gasteiger partial charge in [0, 0.05) is 23.1 Å². The molecule has 0 atom stereocenters. The lowest BCUT2D eigenvalue weighted by molar-refractivity contribution is 0.102. The van der Waals surface area contributed by atoms with Crippen LogP contribution >= 0.6 is 11.6 Å². The van der Waals surface area contributed by atoms with E-state index in [4.69, 9.17) is 11.6 Å². The van der Waals surface area contributed by atoms with Gasteiger partial charge in [-0.05, 0) is 36.8 Å². The number of imidazole rings is 1. The largest absolute Gasteiger partial charge is 0.322 e. The molecule has 26 heavy (non-hydrogen) atoms. The number of aryl methyl sites for hydroxylation is 1. The number of carbonyl (C=O) groups is 1. The molecule has 1 amide bonds. The van der Waals surface area contributed by atoms with Crippen molar-refractivity contribution in [3.63, 3.8) is 0 Å². The summed E-state index contributed by atoms with van der Waals surface area (Å²) in [5, 5.41) is 3.02. The monoisotopic (exact) mass is 392 g/mol. The number of halogens is 1. The molecule has 3 aromatic rings. The van der Waals surface area contributed by atoms with Gasteiger partial charge >= 0.3 is 0 Å². The summed E-state index contributed by atoms with van der Waals surface area (Å²) in [6.07, 6.45) is 5.41. The van der Waals surface area contributed by atoms with Crippen molar-refractivity contribution in [2.75, 3.05) is 16.3 Å². The first kappa shape index (κ1) is 18.2. The number of nitrogens with zero attached hydrogens (tertiary/aromatic N) is 2. The molecule has 0 saturated heterocycles. The zero-order valence-corrected chi connectivity index (χ0v) is 15.7. The molecule has 2 aromatic heterocycles. The number of hydrogen-bond donors (Lipinski definition) is 2. The van der Waals surface area contributed by atoms with Gasteiger partial charge in [-0.2, -0.15) is 0 Å². The Morgan fingerprint density at radius 3 is 2.62 bits per heavy atom. The Morgan fingerprint density at radius 2 is 1.92 bits per heavy atom. The van der Waals surface area contributed by atoms with Crippen LogP contribution < -0.4 is 10.0 Å². The number of aromatic nitrogens is 2. The number of nitrogens with one attached hydrogen (secondary N) is 2. The zero-order valence-electron chi connectivity index (χ0n) is 14.2. The van der Waals surface area contributed by atoms with Crippen LogP contribution in [0, 0.1) is 0 Å². The average Bonchev–Trinajstić information content (AvgIpc) is 2.94. The van der Waals surface area contributed by atoms with Crippen LogP contribution in [0.1, 0.15) is 23.0 Å². The molecule has 2 heterocycles. The zero-order chi connectivity index (χ0) is 18.9. The highest BCUT2D eigenvalue weighted by atomic mass is 35.5. The summed E-state index contributed by atoms with van der Waals surface area (Å²) in [7, 11) is -3.45. The van der Waals surface area contributed by atoms with Crippen molar-refractivity contribution in [3.8, 4) is 0 Å². The van der Waals surface area contributed by atoms with Crippen LogP contribution in [0.15, 0.2) is 42.7 Å².